The van der Waals surface area contributed by atoms with Crippen LogP contribution in [0.3, 0.4) is 0 Å². The number of allylic oxidation sites excluding steroid dienone is 1. The molecule has 2 aromatic rings. The smallest absolute Gasteiger partial charge is 0.314 e. The van der Waals surface area contributed by atoms with Crippen LogP contribution in [0.25, 0.3) is 6.08 Å². The maximum atomic E-state index is 11.9. The van der Waals surface area contributed by atoms with Crippen LogP contribution >= 0.6 is 0 Å². The summed E-state index contributed by atoms with van der Waals surface area (Å²) in [5.74, 6) is -0.770. The topological polar surface area (TPSA) is 37.3 Å². The highest BCUT2D eigenvalue weighted by Gasteiger charge is 2.37. The van der Waals surface area contributed by atoms with Gasteiger partial charge in [-0.15, -0.1) is 0 Å². The van der Waals surface area contributed by atoms with Crippen molar-refractivity contribution < 1.29 is 9.90 Å². The average molecular weight is 280 g/mol. The normalized spacial score (nSPS) is 14.0. The molecule has 0 heterocycles. The van der Waals surface area contributed by atoms with Gasteiger partial charge in [0.1, 0.15) is 0 Å². The molecular formula is C19H20O2. The van der Waals surface area contributed by atoms with Gasteiger partial charge < -0.3 is 5.11 Å². The first kappa shape index (κ1) is 15.0. The number of carboxylic acids is 1. The SMILES string of the molecule is CCC(C/C=C/c1ccccc1)(C(=O)O)c1ccccc1. The average Bonchev–Trinajstić information content (AvgIpc) is 2.53. The first-order valence-corrected chi connectivity index (χ1v) is 7.19. The van der Waals surface area contributed by atoms with E-state index in [1.807, 2.05) is 79.7 Å². The molecular weight excluding hydrogens is 260 g/mol. The summed E-state index contributed by atoms with van der Waals surface area (Å²) in [5.41, 5.74) is 1.09. The zero-order valence-corrected chi connectivity index (χ0v) is 12.2. The second-order valence-corrected chi connectivity index (χ2v) is 5.12. The second-order valence-electron chi connectivity index (χ2n) is 5.12. The summed E-state index contributed by atoms with van der Waals surface area (Å²) in [6.07, 6.45) is 4.99. The maximum absolute atomic E-state index is 11.9. The van der Waals surface area contributed by atoms with E-state index in [0.29, 0.717) is 12.8 Å². The van der Waals surface area contributed by atoms with Crippen LogP contribution in [-0.4, -0.2) is 11.1 Å². The Morgan fingerprint density at radius 2 is 1.62 bits per heavy atom. The van der Waals surface area contributed by atoms with E-state index in [1.165, 1.54) is 0 Å². The Bertz CT molecular complexity index is 602. The van der Waals surface area contributed by atoms with Crippen molar-refractivity contribution in [3.8, 4) is 0 Å². The minimum Gasteiger partial charge on any atom is -0.481 e. The van der Waals surface area contributed by atoms with Crippen LogP contribution in [0.15, 0.2) is 66.7 Å². The molecule has 0 saturated heterocycles. The summed E-state index contributed by atoms with van der Waals surface area (Å²) in [7, 11) is 0. The number of benzene rings is 2. The molecule has 1 N–H and O–H groups in total. The van der Waals surface area contributed by atoms with Crippen molar-refractivity contribution in [2.75, 3.05) is 0 Å². The maximum Gasteiger partial charge on any atom is 0.314 e. The quantitative estimate of drug-likeness (QED) is 0.844. The zero-order chi connectivity index (χ0) is 15.1. The van der Waals surface area contributed by atoms with E-state index in [0.717, 1.165) is 11.1 Å². The van der Waals surface area contributed by atoms with E-state index in [1.54, 1.807) is 0 Å². The Morgan fingerprint density at radius 1 is 1.05 bits per heavy atom. The van der Waals surface area contributed by atoms with Gasteiger partial charge in [0.2, 0.25) is 0 Å². The molecule has 1 atom stereocenters. The summed E-state index contributed by atoms with van der Waals surface area (Å²) in [5, 5.41) is 9.74. The Balaban J connectivity index is 2.26. The van der Waals surface area contributed by atoms with Crippen molar-refractivity contribution in [2.45, 2.75) is 25.2 Å². The van der Waals surface area contributed by atoms with Gasteiger partial charge in [-0.25, -0.2) is 0 Å². The lowest BCUT2D eigenvalue weighted by Gasteiger charge is -2.27. The molecule has 2 aromatic carbocycles. The third-order valence-electron chi connectivity index (χ3n) is 3.92. The third kappa shape index (κ3) is 3.40. The number of rotatable bonds is 6. The van der Waals surface area contributed by atoms with Crippen molar-refractivity contribution in [1.82, 2.24) is 0 Å². The van der Waals surface area contributed by atoms with Gasteiger partial charge in [0.25, 0.3) is 0 Å². The lowest BCUT2D eigenvalue weighted by atomic mass is 9.75. The van der Waals surface area contributed by atoms with Crippen LogP contribution in [-0.2, 0) is 10.2 Å². The highest BCUT2D eigenvalue weighted by molar-refractivity contribution is 5.81. The predicted octanol–water partition coefficient (Wildman–Crippen LogP) is 4.52. The standard InChI is InChI=1S/C19H20O2/c1-2-19(18(20)21,17-13-7-4-8-14-17)15-9-12-16-10-5-3-6-11-16/h3-14H,2,15H2,1H3,(H,20,21)/b12-9+. The molecule has 0 aliphatic rings. The van der Waals surface area contributed by atoms with Crippen molar-refractivity contribution in [3.05, 3.63) is 77.9 Å². The molecule has 0 aliphatic heterocycles. The Labute approximate surface area is 125 Å². The summed E-state index contributed by atoms with van der Waals surface area (Å²) < 4.78 is 0. The van der Waals surface area contributed by atoms with Gasteiger partial charge in [0, 0.05) is 0 Å². The van der Waals surface area contributed by atoms with Gasteiger partial charge in [-0.05, 0) is 24.0 Å². The summed E-state index contributed by atoms with van der Waals surface area (Å²) in [6, 6.07) is 19.4. The Kier molecular flexibility index (Phi) is 4.94. The van der Waals surface area contributed by atoms with Crippen molar-refractivity contribution in [1.29, 1.82) is 0 Å². The fraction of sp³-hybridized carbons (Fsp3) is 0.211. The highest BCUT2D eigenvalue weighted by atomic mass is 16.4. The second kappa shape index (κ2) is 6.89. The van der Waals surface area contributed by atoms with Gasteiger partial charge in [-0.2, -0.15) is 0 Å². The van der Waals surface area contributed by atoms with Crippen LogP contribution in [0, 0.1) is 0 Å². The van der Waals surface area contributed by atoms with E-state index in [-0.39, 0.29) is 0 Å². The minimum absolute atomic E-state index is 0.484. The molecule has 108 valence electrons. The van der Waals surface area contributed by atoms with Gasteiger partial charge in [-0.1, -0.05) is 79.7 Å². The van der Waals surface area contributed by atoms with E-state index in [9.17, 15) is 9.90 Å². The summed E-state index contributed by atoms with van der Waals surface area (Å²) >= 11 is 0. The molecule has 0 radical (unpaired) electrons. The molecule has 1 unspecified atom stereocenters. The van der Waals surface area contributed by atoms with Crippen molar-refractivity contribution >= 4 is 12.0 Å². The van der Waals surface area contributed by atoms with Gasteiger partial charge in [0.15, 0.2) is 0 Å². The fourth-order valence-corrected chi connectivity index (χ4v) is 2.55. The first-order chi connectivity index (χ1) is 10.2. The summed E-state index contributed by atoms with van der Waals surface area (Å²) in [6.45, 7) is 1.93. The lowest BCUT2D eigenvalue weighted by Crippen LogP contribution is -2.34. The molecule has 21 heavy (non-hydrogen) atoms. The molecule has 0 spiro atoms. The number of aliphatic carboxylic acids is 1. The summed E-state index contributed by atoms with van der Waals surface area (Å²) in [4.78, 5) is 11.9. The molecule has 2 heteroatoms. The number of carbonyl (C=O) groups is 1. The molecule has 2 rings (SSSR count). The van der Waals surface area contributed by atoms with Gasteiger partial charge >= 0.3 is 5.97 Å². The molecule has 0 bridgehead atoms. The number of carboxylic acid groups (broad SMARTS) is 1. The number of hydrogen-bond donors (Lipinski definition) is 1. The Hall–Kier alpha value is -2.35. The van der Waals surface area contributed by atoms with E-state index in [2.05, 4.69) is 0 Å². The van der Waals surface area contributed by atoms with E-state index in [4.69, 9.17) is 0 Å². The molecule has 0 aromatic heterocycles. The monoisotopic (exact) mass is 280 g/mol. The van der Waals surface area contributed by atoms with E-state index < -0.39 is 11.4 Å². The third-order valence-corrected chi connectivity index (χ3v) is 3.92. The van der Waals surface area contributed by atoms with Gasteiger partial charge in [-0.3, -0.25) is 4.79 Å². The van der Waals surface area contributed by atoms with Crippen LogP contribution in [0.5, 0.6) is 0 Å². The molecule has 2 nitrogen and oxygen atoms in total. The molecule has 0 amide bonds. The van der Waals surface area contributed by atoms with E-state index >= 15 is 0 Å². The van der Waals surface area contributed by atoms with Crippen molar-refractivity contribution in [3.63, 3.8) is 0 Å². The number of hydrogen-bond acceptors (Lipinski definition) is 1. The van der Waals surface area contributed by atoms with Crippen molar-refractivity contribution in [2.24, 2.45) is 0 Å². The lowest BCUT2D eigenvalue weighted by molar-refractivity contribution is -0.144. The molecule has 0 aliphatic carbocycles. The van der Waals surface area contributed by atoms with Crippen LogP contribution in [0.1, 0.15) is 30.9 Å². The highest BCUT2D eigenvalue weighted by Crippen LogP contribution is 2.32. The first-order valence-electron chi connectivity index (χ1n) is 7.19. The molecule has 0 saturated carbocycles. The van der Waals surface area contributed by atoms with Crippen LogP contribution in [0.2, 0.25) is 0 Å². The van der Waals surface area contributed by atoms with Gasteiger partial charge in [0.05, 0.1) is 5.41 Å². The predicted molar refractivity (Wildman–Crippen MR) is 86.1 cm³/mol. The van der Waals surface area contributed by atoms with Crippen LogP contribution in [0.4, 0.5) is 0 Å². The molecule has 0 fully saturated rings. The zero-order valence-electron chi connectivity index (χ0n) is 12.2. The fourth-order valence-electron chi connectivity index (χ4n) is 2.55. The van der Waals surface area contributed by atoms with Crippen LogP contribution < -0.4 is 0 Å². The Morgan fingerprint density at radius 3 is 2.14 bits per heavy atom. The minimum atomic E-state index is -0.855. The largest absolute Gasteiger partial charge is 0.481 e.